The van der Waals surface area contributed by atoms with Gasteiger partial charge >= 0.3 is 5.97 Å². The van der Waals surface area contributed by atoms with Gasteiger partial charge < -0.3 is 5.11 Å². The van der Waals surface area contributed by atoms with E-state index in [0.717, 1.165) is 30.6 Å². The molecule has 0 aliphatic heterocycles. The fourth-order valence-electron chi connectivity index (χ4n) is 7.89. The van der Waals surface area contributed by atoms with Crippen molar-refractivity contribution in [3.8, 4) is 0 Å². The van der Waals surface area contributed by atoms with Gasteiger partial charge in [-0.25, -0.2) is 0 Å². The molecule has 0 spiro atoms. The summed E-state index contributed by atoms with van der Waals surface area (Å²) in [5.41, 5.74) is 0.559. The molecule has 0 bridgehead atoms. The predicted molar refractivity (Wildman–Crippen MR) is 106 cm³/mol. The number of allylic oxidation sites excluding steroid dienone is 2. The van der Waals surface area contributed by atoms with E-state index in [4.69, 9.17) is 0 Å². The zero-order valence-corrected chi connectivity index (χ0v) is 17.2. The first kappa shape index (κ1) is 19.2. The van der Waals surface area contributed by atoms with Crippen molar-refractivity contribution in [1.29, 1.82) is 0 Å². The number of fused-ring (bicyclic) bond motifs is 5. The second-order valence-corrected chi connectivity index (χ2v) is 10.6. The Hall–Kier alpha value is -1.12. The summed E-state index contributed by atoms with van der Waals surface area (Å²) in [7, 11) is 0. The Balaban J connectivity index is 1.54. The van der Waals surface area contributed by atoms with Crippen molar-refractivity contribution in [1.82, 2.24) is 0 Å². The maximum Gasteiger partial charge on any atom is 0.306 e. The van der Waals surface area contributed by atoms with E-state index in [9.17, 15) is 14.7 Å². The van der Waals surface area contributed by atoms with Gasteiger partial charge in [-0.15, -0.1) is 0 Å². The Morgan fingerprint density at radius 1 is 1.04 bits per heavy atom. The molecule has 3 fully saturated rings. The highest BCUT2D eigenvalue weighted by Gasteiger charge is 2.60. The number of ketones is 1. The molecule has 0 amide bonds. The number of rotatable bonds is 4. The number of Topliss-reactive ketones (excluding diaryl/α,β-unsaturated/α-hetero) is 1. The van der Waals surface area contributed by atoms with Gasteiger partial charge in [0.05, 0.1) is 5.92 Å². The molecule has 3 saturated carbocycles. The molecule has 8 atom stereocenters. The molecule has 150 valence electrons. The standard InChI is InChI=1S/C24H36O3/c1-15(22(26)27)14-21(25)20-10-9-18-17-8-7-16-6-4-5-12-23(16,2)19(17)11-13-24(18,20)3/h4,6,15-20H,5,7-14H2,1-3H3,(H,26,27)/t15?,16-,17+,18+,19+,20?,23+,24+/m1/s1. The molecule has 0 saturated heterocycles. The lowest BCUT2D eigenvalue weighted by molar-refractivity contribution is -0.145. The maximum absolute atomic E-state index is 13.0. The van der Waals surface area contributed by atoms with Crippen LogP contribution in [0, 0.1) is 46.3 Å². The molecule has 4 aliphatic carbocycles. The zero-order chi connectivity index (χ0) is 19.4. The lowest BCUT2D eigenvalue weighted by Gasteiger charge is -2.59. The van der Waals surface area contributed by atoms with Gasteiger partial charge in [-0.2, -0.15) is 0 Å². The van der Waals surface area contributed by atoms with E-state index < -0.39 is 11.9 Å². The monoisotopic (exact) mass is 372 g/mol. The van der Waals surface area contributed by atoms with E-state index in [2.05, 4.69) is 26.0 Å². The van der Waals surface area contributed by atoms with Crippen LogP contribution in [-0.4, -0.2) is 16.9 Å². The highest BCUT2D eigenvalue weighted by Crippen LogP contribution is 2.67. The predicted octanol–water partition coefficient (Wildman–Crippen LogP) is 5.49. The van der Waals surface area contributed by atoms with E-state index >= 15 is 0 Å². The number of carboxylic acids is 1. The van der Waals surface area contributed by atoms with Gasteiger partial charge in [-0.05, 0) is 85.9 Å². The molecule has 4 rings (SSSR count). The first-order chi connectivity index (χ1) is 12.8. The SMILES string of the molecule is CC(CC(=O)C1CC[C@H]2[C@@H]3CC[C@H]4C=CCC[C@]4(C)[C@H]3CC[C@]12C)C(=O)O. The Bertz CT molecular complexity index is 652. The molecular formula is C24H36O3. The second-order valence-electron chi connectivity index (χ2n) is 10.6. The van der Waals surface area contributed by atoms with Gasteiger partial charge in [-0.1, -0.05) is 32.9 Å². The van der Waals surface area contributed by atoms with E-state index in [0.29, 0.717) is 11.3 Å². The molecule has 2 unspecified atom stereocenters. The number of hydrogen-bond acceptors (Lipinski definition) is 2. The normalized spacial score (nSPS) is 46.9. The van der Waals surface area contributed by atoms with E-state index in [1.165, 1.54) is 38.5 Å². The van der Waals surface area contributed by atoms with Crippen molar-refractivity contribution < 1.29 is 14.7 Å². The zero-order valence-electron chi connectivity index (χ0n) is 17.2. The number of aliphatic carboxylic acids is 1. The summed E-state index contributed by atoms with van der Waals surface area (Å²) >= 11 is 0. The molecule has 4 aliphatic rings. The first-order valence-corrected chi connectivity index (χ1v) is 11.2. The maximum atomic E-state index is 13.0. The molecule has 1 N–H and O–H groups in total. The van der Waals surface area contributed by atoms with Crippen molar-refractivity contribution >= 4 is 11.8 Å². The van der Waals surface area contributed by atoms with Gasteiger partial charge in [0.25, 0.3) is 0 Å². The average Bonchev–Trinajstić information content (AvgIpc) is 2.98. The fourth-order valence-corrected chi connectivity index (χ4v) is 7.89. The van der Waals surface area contributed by atoms with Crippen molar-refractivity contribution in [2.75, 3.05) is 0 Å². The summed E-state index contributed by atoms with van der Waals surface area (Å²) in [6.07, 6.45) is 14.9. The van der Waals surface area contributed by atoms with Crippen molar-refractivity contribution in [2.45, 2.75) is 78.6 Å². The summed E-state index contributed by atoms with van der Waals surface area (Å²) < 4.78 is 0. The lowest BCUT2D eigenvalue weighted by Crippen LogP contribution is -2.52. The van der Waals surface area contributed by atoms with Gasteiger partial charge in [0.2, 0.25) is 0 Å². The van der Waals surface area contributed by atoms with Crippen LogP contribution >= 0.6 is 0 Å². The number of carbonyl (C=O) groups is 2. The molecule has 3 heteroatoms. The van der Waals surface area contributed by atoms with Crippen LogP contribution in [0.4, 0.5) is 0 Å². The van der Waals surface area contributed by atoms with Crippen molar-refractivity contribution in [3.05, 3.63) is 12.2 Å². The minimum atomic E-state index is -0.844. The highest BCUT2D eigenvalue weighted by atomic mass is 16.4. The van der Waals surface area contributed by atoms with Crippen LogP contribution < -0.4 is 0 Å². The van der Waals surface area contributed by atoms with Crippen LogP contribution in [0.1, 0.15) is 78.6 Å². The van der Waals surface area contributed by atoms with Gasteiger partial charge in [0.15, 0.2) is 0 Å². The average molecular weight is 373 g/mol. The van der Waals surface area contributed by atoms with Crippen LogP contribution in [0.2, 0.25) is 0 Å². The Labute approximate surface area is 164 Å². The fraction of sp³-hybridized carbons (Fsp3) is 0.833. The summed E-state index contributed by atoms with van der Waals surface area (Å²) in [6.45, 7) is 6.58. The summed E-state index contributed by atoms with van der Waals surface area (Å²) in [5, 5.41) is 9.21. The summed E-state index contributed by atoms with van der Waals surface area (Å²) in [4.78, 5) is 24.2. The van der Waals surface area contributed by atoms with Gasteiger partial charge in [-0.3, -0.25) is 9.59 Å². The molecule has 3 nitrogen and oxygen atoms in total. The summed E-state index contributed by atoms with van der Waals surface area (Å²) in [6, 6.07) is 0. The lowest BCUT2D eigenvalue weighted by atomic mass is 9.45. The van der Waals surface area contributed by atoms with Crippen LogP contribution in [0.5, 0.6) is 0 Å². The van der Waals surface area contributed by atoms with E-state index in [1.54, 1.807) is 6.92 Å². The molecule has 0 aromatic carbocycles. The minimum absolute atomic E-state index is 0.0852. The molecule has 0 radical (unpaired) electrons. The molecule has 27 heavy (non-hydrogen) atoms. The number of carbonyl (C=O) groups excluding carboxylic acids is 1. The topological polar surface area (TPSA) is 54.4 Å². The minimum Gasteiger partial charge on any atom is -0.481 e. The third-order valence-corrected chi connectivity index (χ3v) is 9.48. The Kier molecular flexibility index (Phi) is 4.79. The van der Waals surface area contributed by atoms with Crippen LogP contribution in [0.25, 0.3) is 0 Å². The molecular weight excluding hydrogens is 336 g/mol. The second kappa shape index (κ2) is 6.74. The third kappa shape index (κ3) is 2.91. The molecule has 0 aromatic heterocycles. The number of carboxylic acid groups (broad SMARTS) is 1. The molecule has 0 heterocycles. The molecule has 0 aromatic rings. The van der Waals surface area contributed by atoms with Crippen LogP contribution in [0.3, 0.4) is 0 Å². The largest absolute Gasteiger partial charge is 0.481 e. The summed E-state index contributed by atoms with van der Waals surface area (Å²) in [5.74, 6) is 1.90. The Morgan fingerprint density at radius 3 is 2.52 bits per heavy atom. The van der Waals surface area contributed by atoms with Gasteiger partial charge in [0.1, 0.15) is 5.78 Å². The third-order valence-electron chi connectivity index (χ3n) is 9.48. The smallest absolute Gasteiger partial charge is 0.306 e. The number of hydrogen-bond donors (Lipinski definition) is 1. The van der Waals surface area contributed by atoms with Crippen LogP contribution in [0.15, 0.2) is 12.2 Å². The van der Waals surface area contributed by atoms with Gasteiger partial charge in [0, 0.05) is 12.3 Å². The van der Waals surface area contributed by atoms with E-state index in [-0.39, 0.29) is 23.5 Å². The van der Waals surface area contributed by atoms with Crippen LogP contribution in [-0.2, 0) is 9.59 Å². The van der Waals surface area contributed by atoms with Crippen molar-refractivity contribution in [2.24, 2.45) is 46.3 Å². The Morgan fingerprint density at radius 2 is 1.78 bits per heavy atom. The quantitative estimate of drug-likeness (QED) is 0.664. The first-order valence-electron chi connectivity index (χ1n) is 11.2. The van der Waals surface area contributed by atoms with E-state index in [1.807, 2.05) is 0 Å². The van der Waals surface area contributed by atoms with Crippen molar-refractivity contribution in [3.63, 3.8) is 0 Å². The highest BCUT2D eigenvalue weighted by molar-refractivity contribution is 5.86.